The molecule has 0 fully saturated rings. The second kappa shape index (κ2) is 7.16. The predicted octanol–water partition coefficient (Wildman–Crippen LogP) is 4.69. The highest BCUT2D eigenvalue weighted by atomic mass is 79.9. The van der Waals surface area contributed by atoms with Crippen LogP contribution in [0.1, 0.15) is 15.9 Å². The van der Waals surface area contributed by atoms with E-state index in [1.165, 1.54) is 0 Å². The van der Waals surface area contributed by atoms with Crippen molar-refractivity contribution in [3.8, 4) is 5.75 Å². The number of carbonyl (C=O) groups excluding carboxylic acids is 1. The molecule has 2 rings (SSSR count). The van der Waals surface area contributed by atoms with Crippen molar-refractivity contribution in [1.82, 2.24) is 5.32 Å². The molecule has 0 saturated carbocycles. The van der Waals surface area contributed by atoms with Crippen molar-refractivity contribution in [2.75, 3.05) is 7.11 Å². The monoisotopic (exact) mass is 387 g/mol. The number of hydrogen-bond acceptors (Lipinski definition) is 2. The van der Waals surface area contributed by atoms with Gasteiger partial charge >= 0.3 is 0 Å². The number of amides is 1. The Bertz CT molecular complexity index is 656. The second-order valence-electron chi connectivity index (χ2n) is 4.26. The third-order valence-electron chi connectivity index (χ3n) is 2.85. The van der Waals surface area contributed by atoms with Crippen LogP contribution in [0.5, 0.6) is 5.75 Å². The second-order valence-corrected chi connectivity index (χ2v) is 6.02. The normalized spacial score (nSPS) is 10.3. The summed E-state index contributed by atoms with van der Waals surface area (Å²) < 4.78 is 5.98. The first-order valence-corrected chi connectivity index (χ1v) is 7.62. The predicted molar refractivity (Wildman–Crippen MR) is 88.3 cm³/mol. The Labute approximate surface area is 141 Å². The molecule has 0 heterocycles. The molecule has 0 aliphatic carbocycles. The van der Waals surface area contributed by atoms with Gasteiger partial charge in [0.05, 0.1) is 7.11 Å². The first-order valence-electron chi connectivity index (χ1n) is 6.07. The Morgan fingerprint density at radius 2 is 2.05 bits per heavy atom. The molecule has 6 heteroatoms. The topological polar surface area (TPSA) is 38.3 Å². The highest BCUT2D eigenvalue weighted by molar-refractivity contribution is 9.10. The fraction of sp³-hybridized carbons (Fsp3) is 0.133. The van der Waals surface area contributed by atoms with Gasteiger partial charge in [0.2, 0.25) is 0 Å². The van der Waals surface area contributed by atoms with Crippen LogP contribution in [0.3, 0.4) is 0 Å². The van der Waals surface area contributed by atoms with Crippen molar-refractivity contribution >= 4 is 45.0 Å². The highest BCUT2D eigenvalue weighted by Gasteiger charge is 2.11. The van der Waals surface area contributed by atoms with E-state index in [0.29, 0.717) is 21.4 Å². The molecule has 2 aromatic carbocycles. The van der Waals surface area contributed by atoms with Crippen LogP contribution in [0.4, 0.5) is 0 Å². The van der Waals surface area contributed by atoms with E-state index in [4.69, 9.17) is 27.9 Å². The molecule has 0 bridgehead atoms. The summed E-state index contributed by atoms with van der Waals surface area (Å²) in [7, 11) is 1.56. The fourth-order valence-corrected chi connectivity index (χ4v) is 2.95. The van der Waals surface area contributed by atoms with Crippen molar-refractivity contribution in [1.29, 1.82) is 0 Å². The number of carbonyl (C=O) groups is 1. The van der Waals surface area contributed by atoms with Crippen molar-refractivity contribution in [3.05, 3.63) is 62.0 Å². The van der Waals surface area contributed by atoms with Gasteiger partial charge in [0.15, 0.2) is 0 Å². The molecule has 0 unspecified atom stereocenters. The molecule has 0 spiro atoms. The van der Waals surface area contributed by atoms with Crippen molar-refractivity contribution in [3.63, 3.8) is 0 Å². The largest absolute Gasteiger partial charge is 0.496 e. The quantitative estimate of drug-likeness (QED) is 0.824. The molecule has 3 nitrogen and oxygen atoms in total. The molecule has 0 aromatic heterocycles. The van der Waals surface area contributed by atoms with Crippen LogP contribution < -0.4 is 10.1 Å². The molecule has 0 aliphatic heterocycles. The average Bonchev–Trinajstić information content (AvgIpc) is 2.44. The van der Waals surface area contributed by atoms with Crippen LogP contribution >= 0.6 is 39.1 Å². The standard InChI is InChI=1S/C15H12BrCl2NO2/c1-21-14-4-2-3-13(18)12(14)8-19-15(20)9-5-10(16)7-11(17)6-9/h2-7H,8H2,1H3,(H,19,20). The molecule has 110 valence electrons. The molecule has 0 saturated heterocycles. The molecule has 1 amide bonds. The number of ether oxygens (including phenoxy) is 1. The molecular formula is C15H12BrCl2NO2. The highest BCUT2D eigenvalue weighted by Crippen LogP contribution is 2.26. The van der Waals surface area contributed by atoms with E-state index in [1.54, 1.807) is 43.5 Å². The number of benzene rings is 2. The fourth-order valence-electron chi connectivity index (χ4n) is 1.86. The maximum absolute atomic E-state index is 12.2. The Balaban J connectivity index is 2.15. The Kier molecular flexibility index (Phi) is 5.51. The van der Waals surface area contributed by atoms with Gasteiger partial charge in [-0.05, 0) is 30.3 Å². The first kappa shape index (κ1) is 16.1. The van der Waals surface area contributed by atoms with Crippen LogP contribution in [0.2, 0.25) is 10.0 Å². The minimum atomic E-state index is -0.236. The summed E-state index contributed by atoms with van der Waals surface area (Å²) in [5, 5.41) is 3.84. The van der Waals surface area contributed by atoms with Gasteiger partial charge in [-0.1, -0.05) is 45.2 Å². The van der Waals surface area contributed by atoms with Crippen LogP contribution in [0.25, 0.3) is 0 Å². The molecule has 0 radical (unpaired) electrons. The van der Waals surface area contributed by atoms with E-state index < -0.39 is 0 Å². The van der Waals surface area contributed by atoms with Gasteiger partial charge in [-0.3, -0.25) is 4.79 Å². The van der Waals surface area contributed by atoms with Crippen LogP contribution in [-0.2, 0) is 6.54 Å². The third kappa shape index (κ3) is 4.13. The summed E-state index contributed by atoms with van der Waals surface area (Å²) in [5.41, 5.74) is 1.21. The molecule has 1 N–H and O–H groups in total. The summed E-state index contributed by atoms with van der Waals surface area (Å²) in [5.74, 6) is 0.398. The zero-order chi connectivity index (χ0) is 15.4. The smallest absolute Gasteiger partial charge is 0.251 e. The summed E-state index contributed by atoms with van der Waals surface area (Å²) in [6.07, 6.45) is 0. The zero-order valence-corrected chi connectivity index (χ0v) is 14.2. The first-order chi connectivity index (χ1) is 10.0. The van der Waals surface area contributed by atoms with Crippen LogP contribution in [-0.4, -0.2) is 13.0 Å². The van der Waals surface area contributed by atoms with Gasteiger partial charge < -0.3 is 10.1 Å². The number of methoxy groups -OCH3 is 1. The van der Waals surface area contributed by atoms with Gasteiger partial charge in [-0.2, -0.15) is 0 Å². The Morgan fingerprint density at radius 1 is 1.29 bits per heavy atom. The zero-order valence-electron chi connectivity index (χ0n) is 11.1. The minimum Gasteiger partial charge on any atom is -0.496 e. The summed E-state index contributed by atoms with van der Waals surface area (Å²) >= 11 is 15.4. The summed E-state index contributed by atoms with van der Waals surface area (Å²) in [6, 6.07) is 10.4. The molecule has 0 atom stereocenters. The molecular weight excluding hydrogens is 377 g/mol. The van der Waals surface area contributed by atoms with E-state index in [9.17, 15) is 4.79 Å². The third-order valence-corrected chi connectivity index (χ3v) is 3.88. The van der Waals surface area contributed by atoms with Gasteiger partial charge in [0.25, 0.3) is 5.91 Å². The van der Waals surface area contributed by atoms with Gasteiger partial charge in [0.1, 0.15) is 5.75 Å². The number of hydrogen-bond donors (Lipinski definition) is 1. The molecule has 2 aromatic rings. The lowest BCUT2D eigenvalue weighted by molar-refractivity contribution is 0.0950. The minimum absolute atomic E-state index is 0.236. The van der Waals surface area contributed by atoms with Crippen molar-refractivity contribution in [2.24, 2.45) is 0 Å². The maximum atomic E-state index is 12.2. The van der Waals surface area contributed by atoms with Crippen molar-refractivity contribution in [2.45, 2.75) is 6.54 Å². The van der Waals surface area contributed by atoms with Gasteiger partial charge in [0, 0.05) is 32.2 Å². The van der Waals surface area contributed by atoms with E-state index in [-0.39, 0.29) is 12.5 Å². The lowest BCUT2D eigenvalue weighted by atomic mass is 10.1. The van der Waals surface area contributed by atoms with E-state index in [2.05, 4.69) is 21.2 Å². The van der Waals surface area contributed by atoms with Crippen molar-refractivity contribution < 1.29 is 9.53 Å². The van der Waals surface area contributed by atoms with E-state index >= 15 is 0 Å². The van der Waals surface area contributed by atoms with E-state index in [1.807, 2.05) is 0 Å². The number of halogens is 3. The van der Waals surface area contributed by atoms with Gasteiger partial charge in [-0.25, -0.2) is 0 Å². The summed E-state index contributed by atoms with van der Waals surface area (Å²) in [6.45, 7) is 0.270. The van der Waals surface area contributed by atoms with Gasteiger partial charge in [-0.15, -0.1) is 0 Å². The van der Waals surface area contributed by atoms with Crippen LogP contribution in [0, 0.1) is 0 Å². The Hall–Kier alpha value is -1.23. The number of rotatable bonds is 4. The lowest BCUT2D eigenvalue weighted by Crippen LogP contribution is -2.23. The molecule has 0 aliphatic rings. The maximum Gasteiger partial charge on any atom is 0.251 e. The number of nitrogens with one attached hydrogen (secondary N) is 1. The summed E-state index contributed by atoms with van der Waals surface area (Å²) in [4.78, 5) is 12.2. The Morgan fingerprint density at radius 3 is 2.71 bits per heavy atom. The van der Waals surface area contributed by atoms with E-state index in [0.717, 1.165) is 10.0 Å². The SMILES string of the molecule is COc1cccc(Cl)c1CNC(=O)c1cc(Cl)cc(Br)c1. The lowest BCUT2D eigenvalue weighted by Gasteiger charge is -2.11. The van der Waals surface area contributed by atoms with Crippen LogP contribution in [0.15, 0.2) is 40.9 Å². The average molecular weight is 389 g/mol. The molecule has 21 heavy (non-hydrogen) atoms.